The quantitative estimate of drug-likeness (QED) is 0.670. The normalized spacial score (nSPS) is 22.6. The van der Waals surface area contributed by atoms with Crippen LogP contribution in [0.15, 0.2) is 48.5 Å². The van der Waals surface area contributed by atoms with Gasteiger partial charge in [-0.2, -0.15) is 0 Å². The predicted octanol–water partition coefficient (Wildman–Crippen LogP) is 4.12. The Morgan fingerprint density at radius 3 is 2.50 bits per heavy atom. The lowest BCUT2D eigenvalue weighted by atomic mass is 9.75. The lowest BCUT2D eigenvalue weighted by molar-refractivity contribution is -0.137. The Morgan fingerprint density at radius 2 is 1.76 bits per heavy atom. The number of nitrogens with zero attached hydrogens (tertiary/aromatic N) is 3. The summed E-state index contributed by atoms with van der Waals surface area (Å²) in [6, 6.07) is 14.7. The van der Waals surface area contributed by atoms with Crippen molar-refractivity contribution in [3.8, 4) is 0 Å². The second-order valence-electron chi connectivity index (χ2n) is 10.3. The van der Waals surface area contributed by atoms with Crippen LogP contribution in [0.4, 0.5) is 4.39 Å². The van der Waals surface area contributed by atoms with Crippen molar-refractivity contribution in [2.24, 2.45) is 5.41 Å². The van der Waals surface area contributed by atoms with Crippen molar-refractivity contribution < 1.29 is 14.0 Å². The van der Waals surface area contributed by atoms with Crippen LogP contribution in [0.5, 0.6) is 0 Å². The first-order valence-corrected chi connectivity index (χ1v) is 12.6. The maximum Gasteiger partial charge on any atom is 0.254 e. The highest BCUT2D eigenvalue weighted by molar-refractivity contribution is 5.96. The average Bonchev–Trinajstić information content (AvgIpc) is 3.43. The summed E-state index contributed by atoms with van der Waals surface area (Å²) in [4.78, 5) is 33.0. The van der Waals surface area contributed by atoms with E-state index in [-0.39, 0.29) is 23.7 Å². The van der Waals surface area contributed by atoms with Gasteiger partial charge in [0.15, 0.2) is 0 Å². The fraction of sp³-hybridized carbons (Fsp3) is 0.500. The van der Waals surface area contributed by atoms with Gasteiger partial charge in [-0.3, -0.25) is 14.5 Å². The van der Waals surface area contributed by atoms with Gasteiger partial charge < -0.3 is 9.80 Å². The number of halogens is 1. The topological polar surface area (TPSA) is 43.9 Å². The van der Waals surface area contributed by atoms with Crippen LogP contribution in [-0.2, 0) is 17.8 Å². The van der Waals surface area contributed by atoms with Crippen LogP contribution < -0.4 is 0 Å². The molecule has 1 atom stereocenters. The average molecular weight is 464 g/mol. The first kappa shape index (κ1) is 23.0. The Balaban J connectivity index is 1.24. The third kappa shape index (κ3) is 4.48. The molecule has 3 aliphatic heterocycles. The Morgan fingerprint density at radius 1 is 1.03 bits per heavy atom. The van der Waals surface area contributed by atoms with Crippen LogP contribution >= 0.6 is 0 Å². The second kappa shape index (κ2) is 9.49. The number of hydrogen-bond donors (Lipinski definition) is 0. The largest absolute Gasteiger partial charge is 0.342 e. The molecular formula is C28H34FN3O2. The van der Waals surface area contributed by atoms with Crippen LogP contribution in [0.1, 0.15) is 53.6 Å². The van der Waals surface area contributed by atoms with Crippen LogP contribution in [0.25, 0.3) is 0 Å². The zero-order chi connectivity index (χ0) is 23.7. The molecule has 3 heterocycles. The maximum absolute atomic E-state index is 13.6. The fourth-order valence-electron chi connectivity index (χ4n) is 6.13. The number of piperidine rings is 1. The number of likely N-dealkylation sites (N-methyl/N-ethyl adjacent to an activating group) is 1. The number of hydrogen-bond acceptors (Lipinski definition) is 3. The van der Waals surface area contributed by atoms with Gasteiger partial charge in [0.2, 0.25) is 5.91 Å². The van der Waals surface area contributed by atoms with Gasteiger partial charge in [0.25, 0.3) is 5.91 Å². The molecule has 5 nitrogen and oxygen atoms in total. The van der Waals surface area contributed by atoms with Gasteiger partial charge in [0, 0.05) is 38.3 Å². The van der Waals surface area contributed by atoms with E-state index in [0.717, 1.165) is 42.7 Å². The molecule has 6 heteroatoms. The summed E-state index contributed by atoms with van der Waals surface area (Å²) in [5.74, 6) is 0.0196. The molecule has 0 bridgehead atoms. The van der Waals surface area contributed by atoms with Crippen molar-refractivity contribution in [1.29, 1.82) is 0 Å². The maximum atomic E-state index is 13.6. The standard InChI is InChI=1S/C28H34FN3O2/c1-30-24(18-21-7-6-9-23(29)17-21)19-28(27(30)34)11-15-32(16-12-28)26(33)25-10-3-2-8-22(25)20-31-13-4-5-14-31/h2-3,6-10,17,24H,4-5,11-16,18-20H2,1H3/t24-/m0/s1. The zero-order valence-electron chi connectivity index (χ0n) is 20.0. The molecular weight excluding hydrogens is 429 g/mol. The van der Waals surface area contributed by atoms with Gasteiger partial charge in [-0.1, -0.05) is 30.3 Å². The van der Waals surface area contributed by atoms with E-state index in [2.05, 4.69) is 11.0 Å². The minimum atomic E-state index is -0.404. The smallest absolute Gasteiger partial charge is 0.254 e. The molecule has 0 saturated carbocycles. The second-order valence-corrected chi connectivity index (χ2v) is 10.3. The van der Waals surface area contributed by atoms with E-state index in [1.54, 1.807) is 12.1 Å². The highest BCUT2D eigenvalue weighted by atomic mass is 19.1. The van der Waals surface area contributed by atoms with Crippen molar-refractivity contribution in [2.45, 2.75) is 51.1 Å². The Bertz CT molecular complexity index is 1060. The van der Waals surface area contributed by atoms with Crippen molar-refractivity contribution in [1.82, 2.24) is 14.7 Å². The lowest BCUT2D eigenvalue weighted by Crippen LogP contribution is -2.46. The van der Waals surface area contributed by atoms with E-state index in [0.29, 0.717) is 32.4 Å². The SMILES string of the molecule is CN1C(=O)C2(CCN(C(=O)c3ccccc3CN3CCCC3)CC2)C[C@@H]1Cc1cccc(F)c1. The molecule has 0 aliphatic carbocycles. The molecule has 0 radical (unpaired) electrons. The molecule has 3 fully saturated rings. The van der Waals surface area contributed by atoms with Gasteiger partial charge in [-0.05, 0) is 80.9 Å². The molecule has 1 spiro atoms. The first-order chi connectivity index (χ1) is 16.4. The third-order valence-electron chi connectivity index (χ3n) is 8.16. The monoisotopic (exact) mass is 463 g/mol. The fourth-order valence-corrected chi connectivity index (χ4v) is 6.13. The highest BCUT2D eigenvalue weighted by Crippen LogP contribution is 2.45. The number of benzene rings is 2. The van der Waals surface area contributed by atoms with E-state index in [1.165, 1.54) is 18.9 Å². The van der Waals surface area contributed by atoms with Gasteiger partial charge in [-0.25, -0.2) is 4.39 Å². The molecule has 0 unspecified atom stereocenters. The molecule has 0 aromatic heterocycles. The molecule has 3 aliphatic rings. The molecule has 34 heavy (non-hydrogen) atoms. The van der Waals surface area contributed by atoms with Gasteiger partial charge >= 0.3 is 0 Å². The van der Waals surface area contributed by atoms with E-state index in [4.69, 9.17) is 0 Å². The summed E-state index contributed by atoms with van der Waals surface area (Å²) in [7, 11) is 1.87. The van der Waals surface area contributed by atoms with Crippen LogP contribution in [0, 0.1) is 11.2 Å². The molecule has 2 amide bonds. The predicted molar refractivity (Wildman–Crippen MR) is 130 cm³/mol. The number of amides is 2. The van der Waals surface area contributed by atoms with Gasteiger partial charge in [-0.15, -0.1) is 0 Å². The van der Waals surface area contributed by atoms with Crippen molar-refractivity contribution in [3.63, 3.8) is 0 Å². The summed E-state index contributed by atoms with van der Waals surface area (Å²) in [6.07, 6.45) is 5.27. The minimum absolute atomic E-state index is 0.0674. The summed E-state index contributed by atoms with van der Waals surface area (Å²) in [5, 5.41) is 0. The first-order valence-electron chi connectivity index (χ1n) is 12.6. The Labute approximate surface area is 201 Å². The van der Waals surface area contributed by atoms with Gasteiger partial charge in [0.05, 0.1) is 5.41 Å². The summed E-state index contributed by atoms with van der Waals surface area (Å²) < 4.78 is 13.6. The zero-order valence-corrected chi connectivity index (χ0v) is 20.0. The van der Waals surface area contributed by atoms with E-state index in [9.17, 15) is 14.0 Å². The van der Waals surface area contributed by atoms with Crippen LogP contribution in [-0.4, -0.2) is 65.8 Å². The molecule has 5 rings (SSSR count). The van der Waals surface area contributed by atoms with Crippen molar-refractivity contribution >= 4 is 11.8 Å². The van der Waals surface area contributed by atoms with E-state index >= 15 is 0 Å². The van der Waals surface area contributed by atoms with Crippen LogP contribution in [0.2, 0.25) is 0 Å². The summed E-state index contributed by atoms with van der Waals surface area (Å²) >= 11 is 0. The van der Waals surface area contributed by atoms with Crippen molar-refractivity contribution in [3.05, 3.63) is 71.0 Å². The number of rotatable bonds is 5. The minimum Gasteiger partial charge on any atom is -0.342 e. The summed E-state index contributed by atoms with van der Waals surface area (Å²) in [5.41, 5.74) is 2.41. The molecule has 0 N–H and O–H groups in total. The number of carbonyl (C=O) groups is 2. The lowest BCUT2D eigenvalue weighted by Gasteiger charge is -2.38. The Kier molecular flexibility index (Phi) is 6.43. The highest BCUT2D eigenvalue weighted by Gasteiger charge is 2.51. The molecule has 180 valence electrons. The third-order valence-corrected chi connectivity index (χ3v) is 8.16. The molecule has 2 aromatic carbocycles. The van der Waals surface area contributed by atoms with Crippen molar-refractivity contribution in [2.75, 3.05) is 33.2 Å². The van der Waals surface area contributed by atoms with Crippen LogP contribution in [0.3, 0.4) is 0 Å². The molecule has 3 saturated heterocycles. The summed E-state index contributed by atoms with van der Waals surface area (Å²) in [6.45, 7) is 4.22. The number of carbonyl (C=O) groups excluding carboxylic acids is 2. The van der Waals surface area contributed by atoms with E-state index in [1.807, 2.05) is 41.1 Å². The molecule has 2 aromatic rings. The van der Waals surface area contributed by atoms with Gasteiger partial charge in [0.1, 0.15) is 5.82 Å². The van der Waals surface area contributed by atoms with E-state index < -0.39 is 5.41 Å². The number of likely N-dealkylation sites (tertiary alicyclic amines) is 3. The Hall–Kier alpha value is -2.73.